The van der Waals surface area contributed by atoms with E-state index in [1.807, 2.05) is 6.92 Å². The molecule has 0 aromatic carbocycles. The first-order chi connectivity index (χ1) is 8.29. The maximum atomic E-state index is 11.8. The lowest BCUT2D eigenvalue weighted by atomic mass is 10.1. The van der Waals surface area contributed by atoms with Crippen molar-refractivity contribution in [2.24, 2.45) is 0 Å². The van der Waals surface area contributed by atoms with Crippen molar-refractivity contribution in [3.8, 4) is 0 Å². The van der Waals surface area contributed by atoms with Crippen LogP contribution < -0.4 is 10.6 Å². The molecule has 0 fully saturated rings. The predicted molar refractivity (Wildman–Crippen MR) is 65.8 cm³/mol. The highest BCUT2D eigenvalue weighted by Crippen LogP contribution is 2.03. The minimum Gasteiger partial charge on any atom is -0.348 e. The second-order valence-electron chi connectivity index (χ2n) is 4.08. The number of carbonyl (C=O) groups is 1. The largest absolute Gasteiger partial charge is 0.348 e. The van der Waals surface area contributed by atoms with E-state index >= 15 is 0 Å². The van der Waals surface area contributed by atoms with Crippen molar-refractivity contribution in [1.29, 1.82) is 0 Å². The maximum absolute atomic E-state index is 11.8. The summed E-state index contributed by atoms with van der Waals surface area (Å²) in [6.07, 6.45) is 6.52. The summed E-state index contributed by atoms with van der Waals surface area (Å²) in [6.45, 7) is 5.31. The van der Waals surface area contributed by atoms with Gasteiger partial charge in [0.2, 0.25) is 0 Å². The second-order valence-corrected chi connectivity index (χ2v) is 4.08. The van der Waals surface area contributed by atoms with Crippen LogP contribution in [-0.2, 0) is 6.54 Å². The summed E-state index contributed by atoms with van der Waals surface area (Å²) in [6, 6.07) is 0. The van der Waals surface area contributed by atoms with Gasteiger partial charge < -0.3 is 10.6 Å². The Balaban J connectivity index is 1.86. The molecule has 17 heavy (non-hydrogen) atoms. The van der Waals surface area contributed by atoms with Crippen LogP contribution in [0.25, 0.3) is 0 Å². The molecule has 2 rings (SSSR count). The van der Waals surface area contributed by atoms with Gasteiger partial charge in [0.15, 0.2) is 0 Å². The van der Waals surface area contributed by atoms with E-state index in [0.29, 0.717) is 12.1 Å². The fraction of sp³-hybridized carbons (Fsp3) is 0.500. The molecule has 0 radical (unpaired) electrons. The molecule has 0 unspecified atom stereocenters. The minimum absolute atomic E-state index is 0.0517. The molecule has 5 nitrogen and oxygen atoms in total. The number of aromatic nitrogens is 2. The van der Waals surface area contributed by atoms with Gasteiger partial charge in [-0.15, -0.1) is 0 Å². The van der Waals surface area contributed by atoms with Crippen molar-refractivity contribution >= 4 is 5.91 Å². The molecule has 0 aliphatic carbocycles. The Morgan fingerprint density at radius 3 is 3.18 bits per heavy atom. The van der Waals surface area contributed by atoms with E-state index in [9.17, 15) is 4.79 Å². The number of hydrogen-bond donors (Lipinski definition) is 2. The Hall–Kier alpha value is -1.62. The van der Waals surface area contributed by atoms with Crippen LogP contribution in [0.15, 0.2) is 24.0 Å². The Morgan fingerprint density at radius 1 is 1.65 bits per heavy atom. The summed E-state index contributed by atoms with van der Waals surface area (Å²) in [5, 5.41) is 10.2. The van der Waals surface area contributed by atoms with Gasteiger partial charge in [0, 0.05) is 25.8 Å². The molecule has 0 bridgehead atoms. The zero-order chi connectivity index (χ0) is 12.1. The van der Waals surface area contributed by atoms with E-state index in [1.54, 1.807) is 17.1 Å². The van der Waals surface area contributed by atoms with E-state index in [0.717, 1.165) is 26.1 Å². The van der Waals surface area contributed by atoms with Crippen molar-refractivity contribution in [3.05, 3.63) is 29.6 Å². The SMILES string of the molecule is CCn1cc(C(=O)NCC2=CCNCC2)cn1. The van der Waals surface area contributed by atoms with Gasteiger partial charge in [-0.3, -0.25) is 9.48 Å². The molecule has 2 heterocycles. The van der Waals surface area contributed by atoms with E-state index in [4.69, 9.17) is 0 Å². The van der Waals surface area contributed by atoms with E-state index in [-0.39, 0.29) is 5.91 Å². The van der Waals surface area contributed by atoms with Gasteiger partial charge in [-0.05, 0) is 19.9 Å². The molecule has 1 aromatic heterocycles. The highest BCUT2D eigenvalue weighted by atomic mass is 16.1. The van der Waals surface area contributed by atoms with Gasteiger partial charge in [0.1, 0.15) is 0 Å². The predicted octanol–water partition coefficient (Wildman–Crippen LogP) is 0.552. The summed E-state index contributed by atoms with van der Waals surface area (Å²) < 4.78 is 1.75. The first-order valence-electron chi connectivity index (χ1n) is 5.99. The normalized spacial score (nSPS) is 15.5. The highest BCUT2D eigenvalue weighted by Gasteiger charge is 2.09. The molecule has 1 amide bonds. The summed E-state index contributed by atoms with van der Waals surface area (Å²) in [4.78, 5) is 11.8. The van der Waals surface area contributed by atoms with Gasteiger partial charge in [0.05, 0.1) is 11.8 Å². The van der Waals surface area contributed by atoms with Crippen LogP contribution in [-0.4, -0.2) is 35.3 Å². The summed E-state index contributed by atoms with van der Waals surface area (Å²) in [5.74, 6) is -0.0517. The summed E-state index contributed by atoms with van der Waals surface area (Å²) in [5.41, 5.74) is 1.92. The van der Waals surface area contributed by atoms with Gasteiger partial charge in [-0.25, -0.2) is 0 Å². The van der Waals surface area contributed by atoms with E-state index in [1.165, 1.54) is 5.57 Å². The van der Waals surface area contributed by atoms with Gasteiger partial charge >= 0.3 is 0 Å². The number of nitrogens with one attached hydrogen (secondary N) is 2. The average Bonchev–Trinajstić information content (AvgIpc) is 2.86. The number of carbonyl (C=O) groups excluding carboxylic acids is 1. The van der Waals surface area contributed by atoms with E-state index in [2.05, 4.69) is 21.8 Å². The zero-order valence-corrected chi connectivity index (χ0v) is 10.1. The van der Waals surface area contributed by atoms with E-state index < -0.39 is 0 Å². The van der Waals surface area contributed by atoms with Crippen LogP contribution in [0.1, 0.15) is 23.7 Å². The highest BCUT2D eigenvalue weighted by molar-refractivity contribution is 5.93. The van der Waals surface area contributed by atoms with Crippen LogP contribution in [0, 0.1) is 0 Å². The van der Waals surface area contributed by atoms with Crippen LogP contribution >= 0.6 is 0 Å². The standard InChI is InChI=1S/C12H18N4O/c1-2-16-9-11(8-15-16)12(17)14-7-10-3-5-13-6-4-10/h3,8-9,13H,2,4-7H2,1H3,(H,14,17). The van der Waals surface area contributed by atoms with Gasteiger partial charge in [0.25, 0.3) is 5.91 Å². The topological polar surface area (TPSA) is 59.0 Å². The molecular formula is C12H18N4O. The molecule has 0 spiro atoms. The molecule has 2 N–H and O–H groups in total. The maximum Gasteiger partial charge on any atom is 0.254 e. The van der Waals surface area contributed by atoms with Crippen molar-refractivity contribution in [3.63, 3.8) is 0 Å². The molecule has 1 aliphatic rings. The van der Waals surface area contributed by atoms with Gasteiger partial charge in [-0.2, -0.15) is 5.10 Å². The first kappa shape index (κ1) is 11.9. The Labute approximate surface area is 101 Å². The lowest BCUT2D eigenvalue weighted by Gasteiger charge is -2.14. The average molecular weight is 234 g/mol. The molecule has 5 heteroatoms. The van der Waals surface area contributed by atoms with Crippen molar-refractivity contribution < 1.29 is 4.79 Å². The molecule has 1 aromatic rings. The third kappa shape index (κ3) is 3.17. The van der Waals surface area contributed by atoms with Crippen molar-refractivity contribution in [1.82, 2.24) is 20.4 Å². The Kier molecular flexibility index (Phi) is 3.93. The molecule has 0 atom stereocenters. The van der Waals surface area contributed by atoms with Crippen LogP contribution in [0.2, 0.25) is 0 Å². The second kappa shape index (κ2) is 5.63. The Morgan fingerprint density at radius 2 is 2.53 bits per heavy atom. The van der Waals surface area contributed by atoms with Gasteiger partial charge in [-0.1, -0.05) is 11.6 Å². The zero-order valence-electron chi connectivity index (χ0n) is 10.1. The lowest BCUT2D eigenvalue weighted by molar-refractivity contribution is 0.0956. The monoisotopic (exact) mass is 234 g/mol. The third-order valence-corrected chi connectivity index (χ3v) is 2.85. The lowest BCUT2D eigenvalue weighted by Crippen LogP contribution is -2.29. The molecule has 0 saturated heterocycles. The number of nitrogens with zero attached hydrogens (tertiary/aromatic N) is 2. The minimum atomic E-state index is -0.0517. The summed E-state index contributed by atoms with van der Waals surface area (Å²) in [7, 11) is 0. The summed E-state index contributed by atoms with van der Waals surface area (Å²) >= 11 is 0. The Bertz CT molecular complexity index is 422. The number of amides is 1. The number of aryl methyl sites for hydroxylation is 1. The molecular weight excluding hydrogens is 216 g/mol. The quantitative estimate of drug-likeness (QED) is 0.748. The van der Waals surface area contributed by atoms with Crippen LogP contribution in [0.5, 0.6) is 0 Å². The van der Waals surface area contributed by atoms with Crippen molar-refractivity contribution in [2.75, 3.05) is 19.6 Å². The molecule has 1 aliphatic heterocycles. The smallest absolute Gasteiger partial charge is 0.254 e. The number of rotatable bonds is 4. The first-order valence-corrected chi connectivity index (χ1v) is 5.99. The molecule has 0 saturated carbocycles. The fourth-order valence-electron chi connectivity index (χ4n) is 1.78. The third-order valence-electron chi connectivity index (χ3n) is 2.85. The van der Waals surface area contributed by atoms with Crippen LogP contribution in [0.3, 0.4) is 0 Å². The fourth-order valence-corrected chi connectivity index (χ4v) is 1.78. The number of hydrogen-bond acceptors (Lipinski definition) is 3. The van der Waals surface area contributed by atoms with Crippen molar-refractivity contribution in [2.45, 2.75) is 19.9 Å². The molecule has 92 valence electrons. The van der Waals surface area contributed by atoms with Crippen LogP contribution in [0.4, 0.5) is 0 Å².